The average molecular weight is 301 g/mol. The Balaban J connectivity index is 1.90. The number of aryl methyl sites for hydroxylation is 1. The first-order valence-corrected chi connectivity index (χ1v) is 7.17. The van der Waals surface area contributed by atoms with Crippen molar-refractivity contribution in [2.75, 3.05) is 5.73 Å². The molecule has 0 radical (unpaired) electrons. The monoisotopic (exact) mass is 300 g/mol. The Labute approximate surface area is 121 Å². The van der Waals surface area contributed by atoms with Crippen molar-refractivity contribution in [3.63, 3.8) is 0 Å². The molecule has 8 heteroatoms. The minimum Gasteiger partial charge on any atom is -0.374 e. The van der Waals surface area contributed by atoms with Crippen molar-refractivity contribution in [2.24, 2.45) is 0 Å². The van der Waals surface area contributed by atoms with E-state index in [0.29, 0.717) is 11.7 Å². The van der Waals surface area contributed by atoms with Crippen molar-refractivity contribution in [3.05, 3.63) is 21.4 Å². The maximum absolute atomic E-state index is 6.12. The lowest BCUT2D eigenvalue weighted by atomic mass is 10.3. The summed E-state index contributed by atoms with van der Waals surface area (Å²) in [6.07, 6.45) is 0. The molecule has 2 aromatic heterocycles. The summed E-state index contributed by atoms with van der Waals surface area (Å²) in [6.45, 7) is 7.39. The van der Waals surface area contributed by atoms with Crippen LogP contribution in [0.5, 0.6) is 0 Å². The maximum atomic E-state index is 6.12. The molecular weight excluding hydrogens is 284 g/mol. The summed E-state index contributed by atoms with van der Waals surface area (Å²) < 4.78 is 1.92. The molecule has 1 atom stereocenters. The Kier molecular flexibility index (Phi) is 4.38. The van der Waals surface area contributed by atoms with Crippen LogP contribution >= 0.6 is 22.9 Å². The summed E-state index contributed by atoms with van der Waals surface area (Å²) in [7, 11) is 0. The number of nitrogens with one attached hydrogen (secondary N) is 1. The number of halogens is 1. The van der Waals surface area contributed by atoms with Crippen LogP contribution in [0.2, 0.25) is 5.02 Å². The van der Waals surface area contributed by atoms with Crippen molar-refractivity contribution >= 4 is 28.1 Å². The molecule has 0 aromatic carbocycles. The van der Waals surface area contributed by atoms with E-state index < -0.39 is 0 Å². The lowest BCUT2D eigenvalue weighted by molar-refractivity contribution is 0.443. The van der Waals surface area contributed by atoms with Gasteiger partial charge in [-0.05, 0) is 20.8 Å². The molecule has 0 aliphatic heterocycles. The third kappa shape index (κ3) is 3.43. The van der Waals surface area contributed by atoms with Crippen molar-refractivity contribution in [1.82, 2.24) is 25.3 Å². The summed E-state index contributed by atoms with van der Waals surface area (Å²) in [5, 5.41) is 17.6. The highest BCUT2D eigenvalue weighted by Crippen LogP contribution is 2.19. The van der Waals surface area contributed by atoms with Crippen molar-refractivity contribution in [3.8, 4) is 0 Å². The minimum absolute atomic E-state index is 0.249. The van der Waals surface area contributed by atoms with E-state index in [2.05, 4.69) is 27.5 Å². The predicted molar refractivity (Wildman–Crippen MR) is 77.3 cm³/mol. The molecule has 2 aromatic rings. The lowest BCUT2D eigenvalue weighted by Crippen LogP contribution is -2.30. The van der Waals surface area contributed by atoms with Gasteiger partial charge in [0.1, 0.15) is 5.01 Å². The molecule has 1 unspecified atom stereocenters. The summed E-state index contributed by atoms with van der Waals surface area (Å²) >= 11 is 7.52. The van der Waals surface area contributed by atoms with Gasteiger partial charge < -0.3 is 11.1 Å². The van der Waals surface area contributed by atoms with Crippen LogP contribution in [0, 0.1) is 13.8 Å². The van der Waals surface area contributed by atoms with Gasteiger partial charge in [-0.25, -0.2) is 0 Å². The third-order valence-corrected chi connectivity index (χ3v) is 4.12. The summed E-state index contributed by atoms with van der Waals surface area (Å²) in [5.41, 5.74) is 7.39. The molecule has 0 aliphatic rings. The molecular formula is C11H17ClN6S. The van der Waals surface area contributed by atoms with E-state index in [0.717, 1.165) is 28.0 Å². The second-order valence-corrected chi connectivity index (χ2v) is 5.95. The van der Waals surface area contributed by atoms with Gasteiger partial charge >= 0.3 is 0 Å². The van der Waals surface area contributed by atoms with Crippen LogP contribution in [0.25, 0.3) is 0 Å². The fourth-order valence-corrected chi connectivity index (χ4v) is 2.47. The SMILES string of the molecule is Cc1nn(CC(C)NCc2nnc(N)s2)c(C)c1Cl. The van der Waals surface area contributed by atoms with E-state index in [4.69, 9.17) is 17.3 Å². The van der Waals surface area contributed by atoms with Crippen LogP contribution in [0.3, 0.4) is 0 Å². The van der Waals surface area contributed by atoms with Gasteiger partial charge in [-0.3, -0.25) is 4.68 Å². The number of hydrogen-bond donors (Lipinski definition) is 2. The van der Waals surface area contributed by atoms with Gasteiger partial charge in [0, 0.05) is 6.04 Å². The number of aromatic nitrogens is 4. The zero-order valence-electron chi connectivity index (χ0n) is 11.1. The largest absolute Gasteiger partial charge is 0.374 e. The van der Waals surface area contributed by atoms with E-state index in [1.54, 1.807) is 0 Å². The van der Waals surface area contributed by atoms with E-state index >= 15 is 0 Å². The molecule has 2 heterocycles. The first kappa shape index (κ1) is 14.2. The molecule has 3 N–H and O–H groups in total. The number of nitrogens with two attached hydrogens (primary N) is 1. The van der Waals surface area contributed by atoms with Gasteiger partial charge in [-0.2, -0.15) is 5.10 Å². The van der Waals surface area contributed by atoms with Crippen LogP contribution < -0.4 is 11.1 Å². The molecule has 0 bridgehead atoms. The van der Waals surface area contributed by atoms with Crippen LogP contribution in [0.1, 0.15) is 23.3 Å². The zero-order chi connectivity index (χ0) is 14.0. The highest BCUT2D eigenvalue weighted by molar-refractivity contribution is 7.15. The number of nitrogen functional groups attached to an aromatic ring is 1. The number of hydrogen-bond acceptors (Lipinski definition) is 6. The second-order valence-electron chi connectivity index (χ2n) is 4.48. The van der Waals surface area contributed by atoms with E-state index in [1.807, 2.05) is 18.5 Å². The van der Waals surface area contributed by atoms with Crippen molar-refractivity contribution in [2.45, 2.75) is 39.9 Å². The maximum Gasteiger partial charge on any atom is 0.203 e. The first-order valence-electron chi connectivity index (χ1n) is 5.98. The van der Waals surface area contributed by atoms with Gasteiger partial charge in [0.15, 0.2) is 0 Å². The molecule has 0 amide bonds. The van der Waals surface area contributed by atoms with Gasteiger partial charge in [0.2, 0.25) is 5.13 Å². The smallest absolute Gasteiger partial charge is 0.203 e. The Morgan fingerprint density at radius 2 is 2.16 bits per heavy atom. The lowest BCUT2D eigenvalue weighted by Gasteiger charge is -2.13. The topological polar surface area (TPSA) is 81.7 Å². The van der Waals surface area contributed by atoms with Gasteiger partial charge in [0.05, 0.1) is 29.5 Å². The fourth-order valence-electron chi connectivity index (χ4n) is 1.78. The van der Waals surface area contributed by atoms with E-state index in [9.17, 15) is 0 Å². The molecule has 104 valence electrons. The van der Waals surface area contributed by atoms with Crippen LogP contribution in [-0.2, 0) is 13.1 Å². The van der Waals surface area contributed by atoms with Crippen LogP contribution in [-0.4, -0.2) is 26.0 Å². The minimum atomic E-state index is 0.249. The summed E-state index contributed by atoms with van der Waals surface area (Å²) in [5.74, 6) is 0. The third-order valence-electron chi connectivity index (χ3n) is 2.82. The second kappa shape index (κ2) is 5.85. The highest BCUT2D eigenvalue weighted by Gasteiger charge is 2.12. The van der Waals surface area contributed by atoms with E-state index in [1.165, 1.54) is 11.3 Å². The Morgan fingerprint density at radius 3 is 2.68 bits per heavy atom. The first-order chi connectivity index (χ1) is 8.97. The standard InChI is InChI=1S/C11H17ClN6S/c1-6(14-4-9-15-16-11(13)19-9)5-18-8(3)10(12)7(2)17-18/h6,14H,4-5H2,1-3H3,(H2,13,16). The van der Waals surface area contributed by atoms with Gasteiger partial charge in [0.25, 0.3) is 0 Å². The van der Waals surface area contributed by atoms with E-state index in [-0.39, 0.29) is 6.04 Å². The summed E-state index contributed by atoms with van der Waals surface area (Å²) in [6, 6.07) is 0.249. The van der Waals surface area contributed by atoms with Crippen molar-refractivity contribution < 1.29 is 0 Å². The predicted octanol–water partition coefficient (Wildman–Crippen LogP) is 1.77. The molecule has 6 nitrogen and oxygen atoms in total. The number of anilines is 1. The summed E-state index contributed by atoms with van der Waals surface area (Å²) in [4.78, 5) is 0. The molecule has 0 saturated carbocycles. The highest BCUT2D eigenvalue weighted by atomic mass is 35.5. The molecule has 19 heavy (non-hydrogen) atoms. The molecule has 2 rings (SSSR count). The van der Waals surface area contributed by atoms with Gasteiger partial charge in [-0.15, -0.1) is 10.2 Å². The fraction of sp³-hybridized carbons (Fsp3) is 0.545. The quantitative estimate of drug-likeness (QED) is 0.879. The van der Waals surface area contributed by atoms with Crippen LogP contribution in [0.4, 0.5) is 5.13 Å². The average Bonchev–Trinajstić information content (AvgIpc) is 2.88. The number of rotatable bonds is 5. The molecule has 0 spiro atoms. The molecule has 0 aliphatic carbocycles. The van der Waals surface area contributed by atoms with Crippen molar-refractivity contribution in [1.29, 1.82) is 0 Å². The number of nitrogens with zero attached hydrogens (tertiary/aromatic N) is 4. The van der Waals surface area contributed by atoms with Crippen LogP contribution in [0.15, 0.2) is 0 Å². The molecule has 0 saturated heterocycles. The Bertz CT molecular complexity index is 564. The molecule has 0 fully saturated rings. The Hall–Kier alpha value is -1.18. The normalized spacial score (nSPS) is 12.8. The zero-order valence-corrected chi connectivity index (χ0v) is 12.7. The van der Waals surface area contributed by atoms with Gasteiger partial charge in [-0.1, -0.05) is 22.9 Å². The Morgan fingerprint density at radius 1 is 1.42 bits per heavy atom.